The number of hydrogen-bond acceptors (Lipinski definition) is 3. The third kappa shape index (κ3) is 3.10. The molecule has 122 valence electrons. The quantitative estimate of drug-likeness (QED) is 0.541. The largest absolute Gasteiger partial charge is 0.456 e. The van der Waals surface area contributed by atoms with Crippen molar-refractivity contribution in [1.82, 2.24) is 4.98 Å². The van der Waals surface area contributed by atoms with E-state index >= 15 is 0 Å². The Kier molecular flexibility index (Phi) is 3.71. The van der Waals surface area contributed by atoms with E-state index in [0.29, 0.717) is 11.5 Å². The number of anilines is 1. The van der Waals surface area contributed by atoms with Gasteiger partial charge < -0.3 is 15.5 Å². The average molecular weight is 328 g/mol. The molecule has 0 bridgehead atoms. The molecule has 1 heterocycles. The Morgan fingerprint density at radius 3 is 2.16 bits per heavy atom. The molecule has 0 amide bonds. The number of benzene rings is 3. The van der Waals surface area contributed by atoms with Crippen LogP contribution >= 0.6 is 0 Å². The Morgan fingerprint density at radius 1 is 0.800 bits per heavy atom. The molecule has 0 radical (unpaired) electrons. The van der Waals surface area contributed by atoms with E-state index in [0.717, 1.165) is 27.7 Å². The minimum absolute atomic E-state index is 0.188. The summed E-state index contributed by atoms with van der Waals surface area (Å²) in [6.07, 6.45) is 0. The van der Waals surface area contributed by atoms with Gasteiger partial charge in [0.1, 0.15) is 11.5 Å². The lowest BCUT2D eigenvalue weighted by Crippen LogP contribution is -2.04. The lowest BCUT2D eigenvalue weighted by molar-refractivity contribution is 0.487. The topological polar surface area (TPSA) is 68.1 Å². The van der Waals surface area contributed by atoms with Crippen molar-refractivity contribution in [3.63, 3.8) is 0 Å². The standard InChI is InChI=1S/C21H16N2O2/c22-16-9-5-14(6-10-16)15-7-11-17(12-8-15)25-20-13-21(24)23-19-4-2-1-3-18(19)20/h1-13H,22H2,(H,23,24). The summed E-state index contributed by atoms with van der Waals surface area (Å²) in [7, 11) is 0. The number of pyridine rings is 1. The fourth-order valence-electron chi connectivity index (χ4n) is 2.78. The smallest absolute Gasteiger partial charge is 0.252 e. The second kappa shape index (κ2) is 6.17. The number of para-hydroxylation sites is 1. The second-order valence-electron chi connectivity index (χ2n) is 5.79. The lowest BCUT2D eigenvalue weighted by Gasteiger charge is -2.09. The van der Waals surface area contributed by atoms with Gasteiger partial charge in [0.2, 0.25) is 0 Å². The van der Waals surface area contributed by atoms with Crippen LogP contribution in [0.25, 0.3) is 22.0 Å². The van der Waals surface area contributed by atoms with Crippen molar-refractivity contribution >= 4 is 16.6 Å². The van der Waals surface area contributed by atoms with Crippen LogP contribution < -0.4 is 16.0 Å². The van der Waals surface area contributed by atoms with Crippen LogP contribution in [0.15, 0.2) is 83.7 Å². The molecule has 0 aliphatic heterocycles. The first-order chi connectivity index (χ1) is 12.2. The van der Waals surface area contributed by atoms with Gasteiger partial charge in [0.25, 0.3) is 5.56 Å². The summed E-state index contributed by atoms with van der Waals surface area (Å²) in [5.74, 6) is 1.22. The molecule has 0 atom stereocenters. The average Bonchev–Trinajstić information content (AvgIpc) is 2.63. The van der Waals surface area contributed by atoms with Crippen LogP contribution in [-0.4, -0.2) is 4.98 Å². The van der Waals surface area contributed by atoms with Crippen LogP contribution in [0.5, 0.6) is 11.5 Å². The van der Waals surface area contributed by atoms with Gasteiger partial charge in [-0.05, 0) is 47.5 Å². The molecule has 0 saturated heterocycles. The zero-order valence-electron chi connectivity index (χ0n) is 13.4. The number of H-pyrrole nitrogens is 1. The van der Waals surface area contributed by atoms with E-state index in [2.05, 4.69) is 4.98 Å². The SMILES string of the molecule is Nc1ccc(-c2ccc(Oc3cc(=O)[nH]c4ccccc34)cc2)cc1. The molecule has 1 aromatic heterocycles. The molecule has 0 aliphatic carbocycles. The molecule has 0 spiro atoms. The normalized spacial score (nSPS) is 10.7. The van der Waals surface area contributed by atoms with Crippen molar-refractivity contribution in [1.29, 1.82) is 0 Å². The van der Waals surface area contributed by atoms with Gasteiger partial charge in [-0.15, -0.1) is 0 Å². The van der Waals surface area contributed by atoms with Crippen LogP contribution in [0.4, 0.5) is 5.69 Å². The predicted molar refractivity (Wildman–Crippen MR) is 101 cm³/mol. The molecule has 3 aromatic carbocycles. The Bertz CT molecular complexity index is 1080. The number of nitrogens with one attached hydrogen (secondary N) is 1. The van der Waals surface area contributed by atoms with Gasteiger partial charge in [-0.1, -0.05) is 36.4 Å². The summed E-state index contributed by atoms with van der Waals surface area (Å²) in [6.45, 7) is 0. The fraction of sp³-hybridized carbons (Fsp3) is 0. The Morgan fingerprint density at radius 2 is 1.44 bits per heavy atom. The van der Waals surface area contributed by atoms with Gasteiger partial charge in [0.15, 0.2) is 0 Å². The summed E-state index contributed by atoms with van der Waals surface area (Å²) in [6, 6.07) is 24.5. The van der Waals surface area contributed by atoms with Crippen LogP contribution in [-0.2, 0) is 0 Å². The Labute approximate surface area is 144 Å². The van der Waals surface area contributed by atoms with Gasteiger partial charge >= 0.3 is 0 Å². The summed E-state index contributed by atoms with van der Waals surface area (Å²) in [5, 5.41) is 0.865. The molecular weight excluding hydrogens is 312 g/mol. The molecule has 3 N–H and O–H groups in total. The lowest BCUT2D eigenvalue weighted by atomic mass is 10.1. The highest BCUT2D eigenvalue weighted by Crippen LogP contribution is 2.29. The zero-order chi connectivity index (χ0) is 17.2. The van der Waals surface area contributed by atoms with Crippen molar-refractivity contribution < 1.29 is 4.74 Å². The predicted octanol–water partition coefficient (Wildman–Crippen LogP) is 4.57. The van der Waals surface area contributed by atoms with Gasteiger partial charge in [-0.2, -0.15) is 0 Å². The summed E-state index contributed by atoms with van der Waals surface area (Å²) in [5.41, 5.74) is 9.19. The van der Waals surface area contributed by atoms with E-state index in [4.69, 9.17) is 10.5 Å². The first kappa shape index (κ1) is 15.0. The Balaban J connectivity index is 1.66. The molecule has 4 nitrogen and oxygen atoms in total. The number of nitrogen functional groups attached to an aromatic ring is 1. The van der Waals surface area contributed by atoms with Crippen molar-refractivity contribution in [3.8, 4) is 22.6 Å². The van der Waals surface area contributed by atoms with E-state index in [-0.39, 0.29) is 5.56 Å². The molecule has 0 saturated carbocycles. The number of hydrogen-bond donors (Lipinski definition) is 2. The number of rotatable bonds is 3. The first-order valence-corrected chi connectivity index (χ1v) is 7.95. The monoisotopic (exact) mass is 328 g/mol. The molecule has 0 fully saturated rings. The van der Waals surface area contributed by atoms with Gasteiger partial charge in [0.05, 0.1) is 5.52 Å². The molecule has 0 unspecified atom stereocenters. The number of ether oxygens (including phenoxy) is 1. The van der Waals surface area contributed by atoms with Crippen molar-refractivity contribution in [2.75, 3.05) is 5.73 Å². The zero-order valence-corrected chi connectivity index (χ0v) is 13.4. The fourth-order valence-corrected chi connectivity index (χ4v) is 2.78. The number of nitrogens with two attached hydrogens (primary N) is 1. The third-order valence-corrected chi connectivity index (χ3v) is 4.04. The third-order valence-electron chi connectivity index (χ3n) is 4.04. The van der Waals surface area contributed by atoms with Crippen molar-refractivity contribution in [2.24, 2.45) is 0 Å². The van der Waals surface area contributed by atoms with E-state index in [1.165, 1.54) is 6.07 Å². The van der Waals surface area contributed by atoms with Gasteiger partial charge in [-0.3, -0.25) is 4.79 Å². The molecule has 4 aromatic rings. The highest BCUT2D eigenvalue weighted by Gasteiger charge is 2.06. The number of fused-ring (bicyclic) bond motifs is 1. The molecule has 4 heteroatoms. The van der Waals surface area contributed by atoms with E-state index in [1.807, 2.05) is 72.8 Å². The van der Waals surface area contributed by atoms with Crippen LogP contribution in [0.1, 0.15) is 0 Å². The minimum atomic E-state index is -0.188. The summed E-state index contributed by atoms with van der Waals surface area (Å²) < 4.78 is 5.94. The molecular formula is C21H16N2O2. The maximum atomic E-state index is 11.8. The van der Waals surface area contributed by atoms with Gasteiger partial charge in [0, 0.05) is 17.1 Å². The van der Waals surface area contributed by atoms with Gasteiger partial charge in [-0.25, -0.2) is 0 Å². The van der Waals surface area contributed by atoms with Crippen molar-refractivity contribution in [2.45, 2.75) is 0 Å². The highest BCUT2D eigenvalue weighted by atomic mass is 16.5. The second-order valence-corrected chi connectivity index (χ2v) is 5.79. The highest BCUT2D eigenvalue weighted by molar-refractivity contribution is 5.84. The van der Waals surface area contributed by atoms with E-state index < -0.39 is 0 Å². The van der Waals surface area contributed by atoms with Crippen LogP contribution in [0, 0.1) is 0 Å². The molecule has 25 heavy (non-hydrogen) atoms. The summed E-state index contributed by atoms with van der Waals surface area (Å²) in [4.78, 5) is 14.6. The van der Waals surface area contributed by atoms with Crippen LogP contribution in [0.2, 0.25) is 0 Å². The Hall–Kier alpha value is -3.53. The maximum absolute atomic E-state index is 11.8. The summed E-state index contributed by atoms with van der Waals surface area (Å²) >= 11 is 0. The minimum Gasteiger partial charge on any atom is -0.456 e. The number of aromatic amines is 1. The first-order valence-electron chi connectivity index (χ1n) is 7.95. The molecule has 4 rings (SSSR count). The van der Waals surface area contributed by atoms with E-state index in [1.54, 1.807) is 0 Å². The number of aromatic nitrogens is 1. The van der Waals surface area contributed by atoms with Crippen LogP contribution in [0.3, 0.4) is 0 Å². The van der Waals surface area contributed by atoms with E-state index in [9.17, 15) is 4.79 Å². The molecule has 0 aliphatic rings. The van der Waals surface area contributed by atoms with Crippen molar-refractivity contribution in [3.05, 3.63) is 89.2 Å². The maximum Gasteiger partial charge on any atom is 0.252 e.